The summed E-state index contributed by atoms with van der Waals surface area (Å²) in [4.78, 5) is 38.7. The van der Waals surface area contributed by atoms with Crippen molar-refractivity contribution in [2.45, 2.75) is 19.3 Å². The fraction of sp³-hybridized carbons (Fsp3) is 0.231. The van der Waals surface area contributed by atoms with E-state index in [2.05, 4.69) is 30.6 Å². The Bertz CT molecular complexity index is 537. The van der Waals surface area contributed by atoms with Crippen LogP contribution < -0.4 is 10.6 Å². The molecule has 8 nitrogen and oxygen atoms in total. The van der Waals surface area contributed by atoms with E-state index >= 15 is 0 Å². The van der Waals surface area contributed by atoms with Crippen LogP contribution in [0.1, 0.15) is 19.3 Å². The van der Waals surface area contributed by atoms with Gasteiger partial charge in [-0.2, -0.15) is 0 Å². The van der Waals surface area contributed by atoms with E-state index in [1.165, 1.54) is 24.8 Å². The third-order valence-corrected chi connectivity index (χ3v) is 2.44. The Morgan fingerprint density at radius 3 is 1.52 bits per heavy atom. The van der Waals surface area contributed by atoms with Crippen molar-refractivity contribution < 1.29 is 9.59 Å². The first-order valence-corrected chi connectivity index (χ1v) is 6.38. The third kappa shape index (κ3) is 5.31. The third-order valence-electron chi connectivity index (χ3n) is 2.44. The van der Waals surface area contributed by atoms with Crippen molar-refractivity contribution >= 4 is 23.7 Å². The van der Waals surface area contributed by atoms with Gasteiger partial charge in [-0.15, -0.1) is 0 Å². The average molecular weight is 286 g/mol. The summed E-state index contributed by atoms with van der Waals surface area (Å²) in [6.45, 7) is 0. The molecule has 2 N–H and O–H groups in total. The van der Waals surface area contributed by atoms with Crippen molar-refractivity contribution in [2.24, 2.45) is 0 Å². The van der Waals surface area contributed by atoms with Crippen molar-refractivity contribution in [3.05, 3.63) is 36.9 Å². The van der Waals surface area contributed by atoms with Gasteiger partial charge in [0.05, 0.1) is 0 Å². The molecular formula is C13H14N6O2. The molecule has 108 valence electrons. The Morgan fingerprint density at radius 1 is 0.762 bits per heavy atom. The molecule has 0 fully saturated rings. The van der Waals surface area contributed by atoms with E-state index < -0.39 is 0 Å². The summed E-state index contributed by atoms with van der Waals surface area (Å²) in [5.41, 5.74) is 0. The minimum atomic E-state index is -0.232. The number of anilines is 2. The molecule has 0 saturated heterocycles. The lowest BCUT2D eigenvalue weighted by Gasteiger charge is -2.04. The van der Waals surface area contributed by atoms with Crippen molar-refractivity contribution in [1.29, 1.82) is 0 Å². The summed E-state index contributed by atoms with van der Waals surface area (Å²) < 4.78 is 0. The van der Waals surface area contributed by atoms with Crippen molar-refractivity contribution in [1.82, 2.24) is 19.9 Å². The second-order valence-electron chi connectivity index (χ2n) is 4.09. The lowest BCUT2D eigenvalue weighted by atomic mass is 10.2. The SMILES string of the molecule is O=C(CCCC(=O)Nc1ncccn1)Nc1ncccn1. The zero-order chi connectivity index (χ0) is 14.9. The highest BCUT2D eigenvalue weighted by molar-refractivity contribution is 5.91. The Labute approximate surface area is 121 Å². The topological polar surface area (TPSA) is 110 Å². The van der Waals surface area contributed by atoms with Crippen molar-refractivity contribution in [3.8, 4) is 0 Å². The largest absolute Gasteiger partial charge is 0.295 e. The van der Waals surface area contributed by atoms with Crippen LogP contribution in [0.25, 0.3) is 0 Å². The minimum absolute atomic E-state index is 0.210. The van der Waals surface area contributed by atoms with Crippen LogP contribution in [0.5, 0.6) is 0 Å². The molecule has 2 aromatic rings. The number of carbonyl (C=O) groups is 2. The molecule has 0 aliphatic rings. The molecule has 0 radical (unpaired) electrons. The Balaban J connectivity index is 1.67. The van der Waals surface area contributed by atoms with Gasteiger partial charge >= 0.3 is 0 Å². The lowest BCUT2D eigenvalue weighted by Crippen LogP contribution is -2.16. The zero-order valence-corrected chi connectivity index (χ0v) is 11.2. The molecule has 0 aromatic carbocycles. The van der Waals surface area contributed by atoms with Crippen LogP contribution in [0.3, 0.4) is 0 Å². The molecular weight excluding hydrogens is 272 g/mol. The molecule has 0 bridgehead atoms. The lowest BCUT2D eigenvalue weighted by molar-refractivity contribution is -0.117. The predicted octanol–water partition coefficient (Wildman–Crippen LogP) is 1.01. The quantitative estimate of drug-likeness (QED) is 0.820. The number of hydrogen-bond acceptors (Lipinski definition) is 6. The van der Waals surface area contributed by atoms with E-state index in [4.69, 9.17) is 0 Å². The number of aromatic nitrogens is 4. The minimum Gasteiger partial charge on any atom is -0.295 e. The van der Waals surface area contributed by atoms with E-state index in [0.717, 1.165) is 0 Å². The van der Waals surface area contributed by atoms with Crippen molar-refractivity contribution in [3.63, 3.8) is 0 Å². The van der Waals surface area contributed by atoms with Gasteiger partial charge in [0.15, 0.2) is 0 Å². The molecule has 0 atom stereocenters. The van der Waals surface area contributed by atoms with Gasteiger partial charge in [-0.3, -0.25) is 20.2 Å². The van der Waals surface area contributed by atoms with Crippen LogP contribution in [-0.4, -0.2) is 31.8 Å². The average Bonchev–Trinajstić information content (AvgIpc) is 2.49. The highest BCUT2D eigenvalue weighted by Crippen LogP contribution is 2.02. The van der Waals surface area contributed by atoms with E-state index in [0.29, 0.717) is 6.42 Å². The van der Waals surface area contributed by atoms with Gasteiger partial charge in [0.2, 0.25) is 23.7 Å². The Hall–Kier alpha value is -2.90. The van der Waals surface area contributed by atoms with Gasteiger partial charge in [0.25, 0.3) is 0 Å². The molecule has 8 heteroatoms. The number of rotatable bonds is 6. The van der Waals surface area contributed by atoms with Gasteiger partial charge in [0, 0.05) is 37.6 Å². The van der Waals surface area contributed by atoms with Crippen LogP contribution >= 0.6 is 0 Å². The summed E-state index contributed by atoms with van der Waals surface area (Å²) in [5, 5.41) is 5.10. The maximum absolute atomic E-state index is 11.6. The zero-order valence-electron chi connectivity index (χ0n) is 11.2. The van der Waals surface area contributed by atoms with E-state index in [9.17, 15) is 9.59 Å². The van der Waals surface area contributed by atoms with Gasteiger partial charge in [-0.1, -0.05) is 0 Å². The van der Waals surface area contributed by atoms with Gasteiger partial charge in [-0.25, -0.2) is 19.9 Å². The second-order valence-corrected chi connectivity index (χ2v) is 4.09. The molecule has 2 amide bonds. The number of nitrogens with one attached hydrogen (secondary N) is 2. The number of carbonyl (C=O) groups excluding carboxylic acids is 2. The molecule has 0 aliphatic heterocycles. The second kappa shape index (κ2) is 7.63. The van der Waals surface area contributed by atoms with E-state index in [1.807, 2.05) is 0 Å². The molecule has 21 heavy (non-hydrogen) atoms. The fourth-order valence-corrected chi connectivity index (χ4v) is 1.51. The van der Waals surface area contributed by atoms with E-state index in [1.54, 1.807) is 12.1 Å². The summed E-state index contributed by atoms with van der Waals surface area (Å²) in [6.07, 6.45) is 6.98. The highest BCUT2D eigenvalue weighted by Gasteiger charge is 2.07. The highest BCUT2D eigenvalue weighted by atomic mass is 16.2. The summed E-state index contributed by atoms with van der Waals surface area (Å²) >= 11 is 0. The first-order valence-electron chi connectivity index (χ1n) is 6.38. The molecule has 0 saturated carbocycles. The maximum Gasteiger partial charge on any atom is 0.229 e. The molecule has 2 aromatic heterocycles. The van der Waals surface area contributed by atoms with Gasteiger partial charge in [0.1, 0.15) is 0 Å². The molecule has 0 spiro atoms. The number of hydrogen-bond donors (Lipinski definition) is 2. The summed E-state index contributed by atoms with van der Waals surface area (Å²) in [7, 11) is 0. The Morgan fingerprint density at radius 2 is 1.14 bits per heavy atom. The van der Waals surface area contributed by atoms with Gasteiger partial charge in [-0.05, 0) is 18.6 Å². The molecule has 0 aliphatic carbocycles. The molecule has 2 heterocycles. The monoisotopic (exact) mass is 286 g/mol. The van der Waals surface area contributed by atoms with Crippen LogP contribution in [0.15, 0.2) is 36.9 Å². The van der Waals surface area contributed by atoms with Crippen molar-refractivity contribution in [2.75, 3.05) is 10.6 Å². The normalized spacial score (nSPS) is 9.90. The number of amides is 2. The smallest absolute Gasteiger partial charge is 0.229 e. The van der Waals surface area contributed by atoms with Crippen LogP contribution in [-0.2, 0) is 9.59 Å². The first kappa shape index (κ1) is 14.5. The predicted molar refractivity (Wildman–Crippen MR) is 75.2 cm³/mol. The molecule has 0 unspecified atom stereocenters. The first-order chi connectivity index (χ1) is 10.2. The summed E-state index contributed by atoms with van der Waals surface area (Å²) in [6, 6.07) is 3.32. The standard InChI is InChI=1S/C13H14N6O2/c20-10(18-12-14-6-2-7-15-12)4-1-5-11(21)19-13-16-8-3-9-17-13/h2-3,6-9H,1,4-5H2,(H,14,15,18,20)(H,16,17,19,21). The Kier molecular flexibility index (Phi) is 5.27. The van der Waals surface area contributed by atoms with Crippen LogP contribution in [0, 0.1) is 0 Å². The molecule has 2 rings (SSSR count). The number of nitrogens with zero attached hydrogens (tertiary/aromatic N) is 4. The fourth-order valence-electron chi connectivity index (χ4n) is 1.51. The summed E-state index contributed by atoms with van der Waals surface area (Å²) in [5.74, 6) is 0.0456. The van der Waals surface area contributed by atoms with Crippen LogP contribution in [0.4, 0.5) is 11.9 Å². The maximum atomic E-state index is 11.6. The van der Waals surface area contributed by atoms with Crippen LogP contribution in [0.2, 0.25) is 0 Å². The van der Waals surface area contributed by atoms with Gasteiger partial charge < -0.3 is 0 Å². The van der Waals surface area contributed by atoms with E-state index in [-0.39, 0.29) is 36.6 Å².